The summed E-state index contributed by atoms with van der Waals surface area (Å²) in [5.74, 6) is -0.795. The zero-order chi connectivity index (χ0) is 19.2. The number of thiazole rings is 1. The molecule has 2 aliphatic rings. The van der Waals surface area contributed by atoms with Gasteiger partial charge in [-0.25, -0.2) is 9.78 Å². The van der Waals surface area contributed by atoms with Gasteiger partial charge in [0.05, 0.1) is 12.2 Å². The maximum Gasteiger partial charge on any atom is 0.323 e. The minimum Gasteiger partial charge on any atom is -0.480 e. The van der Waals surface area contributed by atoms with E-state index in [9.17, 15) is 9.59 Å². The van der Waals surface area contributed by atoms with Crippen molar-refractivity contribution in [1.29, 1.82) is 0 Å². The molecule has 1 aromatic rings. The Bertz CT molecular complexity index is 630. The van der Waals surface area contributed by atoms with Gasteiger partial charge in [-0.3, -0.25) is 15.0 Å². The van der Waals surface area contributed by atoms with Crippen LogP contribution in [-0.4, -0.2) is 64.1 Å². The number of anilines is 1. The highest BCUT2D eigenvalue weighted by atomic mass is 32.1. The second-order valence-electron chi connectivity index (χ2n) is 7.41. The van der Waals surface area contributed by atoms with E-state index >= 15 is 0 Å². The summed E-state index contributed by atoms with van der Waals surface area (Å²) >= 11 is 1.62. The quantitative estimate of drug-likeness (QED) is 0.801. The van der Waals surface area contributed by atoms with Crippen LogP contribution in [0, 0.1) is 0 Å². The van der Waals surface area contributed by atoms with Crippen LogP contribution >= 0.6 is 11.3 Å². The van der Waals surface area contributed by atoms with Crippen LogP contribution in [0.4, 0.5) is 9.93 Å². The number of piperidine rings is 1. The molecule has 2 heterocycles. The molecule has 27 heavy (non-hydrogen) atoms. The number of aromatic nitrogens is 1. The number of carboxylic acids is 1. The number of hydrogen-bond donors (Lipinski definition) is 2. The number of amides is 2. The van der Waals surface area contributed by atoms with Crippen molar-refractivity contribution in [2.45, 2.75) is 64.3 Å². The number of likely N-dealkylation sites (N-methyl/N-ethyl adjacent to an activating group) is 1. The number of fused-ring (bicyclic) bond motifs is 1. The van der Waals surface area contributed by atoms with Gasteiger partial charge in [0.2, 0.25) is 0 Å². The Balaban J connectivity index is 1.52. The van der Waals surface area contributed by atoms with Crippen LogP contribution < -0.4 is 5.32 Å². The number of hydrogen-bond acceptors (Lipinski definition) is 5. The Morgan fingerprint density at radius 2 is 1.93 bits per heavy atom. The van der Waals surface area contributed by atoms with E-state index in [-0.39, 0.29) is 18.6 Å². The minimum atomic E-state index is -0.795. The van der Waals surface area contributed by atoms with Gasteiger partial charge >= 0.3 is 12.0 Å². The van der Waals surface area contributed by atoms with Crippen LogP contribution in [-0.2, 0) is 17.6 Å². The molecular formula is C19H30N4O3S. The van der Waals surface area contributed by atoms with Crippen LogP contribution in [0.25, 0.3) is 0 Å². The number of aliphatic carboxylic acids is 1. The number of nitrogens with zero attached hydrogens (tertiary/aromatic N) is 3. The smallest absolute Gasteiger partial charge is 0.323 e. The maximum atomic E-state index is 12.6. The normalized spacial score (nSPS) is 18.7. The summed E-state index contributed by atoms with van der Waals surface area (Å²) < 4.78 is 0. The summed E-state index contributed by atoms with van der Waals surface area (Å²) in [6.07, 6.45) is 8.65. The molecule has 1 aliphatic carbocycles. The van der Waals surface area contributed by atoms with Gasteiger partial charge in [-0.15, -0.1) is 11.3 Å². The van der Waals surface area contributed by atoms with Crippen LogP contribution in [0.2, 0.25) is 0 Å². The highest BCUT2D eigenvalue weighted by Crippen LogP contribution is 2.29. The van der Waals surface area contributed by atoms with E-state index in [2.05, 4.69) is 10.3 Å². The minimum absolute atomic E-state index is 0.0675. The Labute approximate surface area is 164 Å². The number of likely N-dealkylation sites (tertiary alicyclic amines) is 1. The second kappa shape index (κ2) is 9.50. The number of rotatable bonds is 5. The van der Waals surface area contributed by atoms with Gasteiger partial charge in [0.1, 0.15) is 0 Å². The van der Waals surface area contributed by atoms with Gasteiger partial charge in [-0.2, -0.15) is 0 Å². The van der Waals surface area contributed by atoms with Gasteiger partial charge in [-0.1, -0.05) is 19.8 Å². The summed E-state index contributed by atoms with van der Waals surface area (Å²) in [7, 11) is 0. The molecule has 2 amide bonds. The number of carbonyl (C=O) groups excluding carboxylic acids is 1. The molecule has 150 valence electrons. The van der Waals surface area contributed by atoms with Crippen LogP contribution in [0.5, 0.6) is 0 Å². The maximum absolute atomic E-state index is 12.6. The predicted octanol–water partition coefficient (Wildman–Crippen LogP) is 3.20. The Kier molecular flexibility index (Phi) is 7.07. The molecule has 1 aliphatic heterocycles. The molecule has 1 saturated heterocycles. The standard InChI is InChI=1S/C19H30N4O3S/c1-2-22(13-17(24)25)14-9-11-23(12-10-14)19(26)21-18-20-15-7-5-3-4-6-8-16(15)27-18/h14H,2-13H2,1H3,(H,24,25)(H,20,21,26). The Morgan fingerprint density at radius 1 is 1.22 bits per heavy atom. The highest BCUT2D eigenvalue weighted by Gasteiger charge is 2.27. The largest absolute Gasteiger partial charge is 0.480 e. The van der Waals surface area contributed by atoms with E-state index in [0.717, 1.165) is 30.8 Å². The van der Waals surface area contributed by atoms with Gasteiger partial charge < -0.3 is 10.0 Å². The zero-order valence-electron chi connectivity index (χ0n) is 16.1. The lowest BCUT2D eigenvalue weighted by Crippen LogP contribution is -2.49. The van der Waals surface area contributed by atoms with Gasteiger partial charge in [0.25, 0.3) is 0 Å². The van der Waals surface area contributed by atoms with Gasteiger partial charge in [0.15, 0.2) is 5.13 Å². The molecule has 0 bridgehead atoms. The molecule has 0 unspecified atom stereocenters. The molecular weight excluding hydrogens is 364 g/mol. The SMILES string of the molecule is CCN(CC(=O)O)C1CCN(C(=O)Nc2nc3c(s2)CCCCCC3)CC1. The second-order valence-corrected chi connectivity index (χ2v) is 8.49. The first-order valence-electron chi connectivity index (χ1n) is 10.1. The van der Waals surface area contributed by atoms with Crippen molar-refractivity contribution in [3.8, 4) is 0 Å². The molecule has 0 radical (unpaired) electrons. The fraction of sp³-hybridized carbons (Fsp3) is 0.737. The first kappa shape index (κ1) is 20.1. The van der Waals surface area contributed by atoms with E-state index in [0.29, 0.717) is 19.6 Å². The summed E-state index contributed by atoms with van der Waals surface area (Å²) in [4.78, 5) is 33.4. The monoisotopic (exact) mass is 394 g/mol. The summed E-state index contributed by atoms with van der Waals surface area (Å²) in [5, 5.41) is 12.7. The molecule has 0 aromatic carbocycles. The van der Waals surface area contributed by atoms with Gasteiger partial charge in [-0.05, 0) is 45.1 Å². The third-order valence-corrected chi connectivity index (χ3v) is 6.65. The number of nitrogens with one attached hydrogen (secondary N) is 1. The molecule has 1 fully saturated rings. The first-order valence-corrected chi connectivity index (χ1v) is 10.9. The first-order chi connectivity index (χ1) is 13.1. The predicted molar refractivity (Wildman–Crippen MR) is 106 cm³/mol. The molecule has 0 atom stereocenters. The molecule has 2 N–H and O–H groups in total. The van der Waals surface area contributed by atoms with Crippen molar-refractivity contribution in [3.63, 3.8) is 0 Å². The van der Waals surface area contributed by atoms with Crippen LogP contribution in [0.15, 0.2) is 0 Å². The molecule has 0 spiro atoms. The molecule has 0 saturated carbocycles. The number of carboxylic acid groups (broad SMARTS) is 1. The van der Waals surface area contributed by atoms with E-state index in [1.165, 1.54) is 36.3 Å². The molecule has 8 heteroatoms. The van der Waals surface area contributed by atoms with Crippen molar-refractivity contribution in [2.75, 3.05) is 31.5 Å². The lowest BCUT2D eigenvalue weighted by Gasteiger charge is -2.37. The molecule has 1 aromatic heterocycles. The van der Waals surface area contributed by atoms with Crippen molar-refractivity contribution < 1.29 is 14.7 Å². The zero-order valence-corrected chi connectivity index (χ0v) is 16.9. The summed E-state index contributed by atoms with van der Waals surface area (Å²) in [6.45, 7) is 4.07. The lowest BCUT2D eigenvalue weighted by atomic mass is 10.0. The van der Waals surface area contributed by atoms with Crippen molar-refractivity contribution >= 4 is 28.5 Å². The van der Waals surface area contributed by atoms with E-state index in [4.69, 9.17) is 5.11 Å². The van der Waals surface area contributed by atoms with Crippen molar-refractivity contribution in [1.82, 2.24) is 14.8 Å². The van der Waals surface area contributed by atoms with E-state index in [1.807, 2.05) is 16.7 Å². The Morgan fingerprint density at radius 3 is 2.59 bits per heavy atom. The third-order valence-electron chi connectivity index (χ3n) is 5.57. The average molecular weight is 395 g/mol. The fourth-order valence-corrected chi connectivity index (χ4v) is 5.08. The van der Waals surface area contributed by atoms with Crippen LogP contribution in [0.3, 0.4) is 0 Å². The average Bonchev–Trinajstić information content (AvgIpc) is 3.00. The summed E-state index contributed by atoms with van der Waals surface area (Å²) in [5.41, 5.74) is 1.17. The van der Waals surface area contributed by atoms with Crippen molar-refractivity contribution in [3.05, 3.63) is 10.6 Å². The van der Waals surface area contributed by atoms with Gasteiger partial charge in [0, 0.05) is 24.0 Å². The number of aryl methyl sites for hydroxylation is 2. The van der Waals surface area contributed by atoms with Crippen LogP contribution in [0.1, 0.15) is 56.0 Å². The Hall–Kier alpha value is -1.67. The highest BCUT2D eigenvalue weighted by molar-refractivity contribution is 7.15. The fourth-order valence-electron chi connectivity index (χ4n) is 4.04. The van der Waals surface area contributed by atoms with E-state index < -0.39 is 5.97 Å². The summed E-state index contributed by atoms with van der Waals surface area (Å²) in [6, 6.07) is 0.145. The third kappa shape index (κ3) is 5.42. The molecule has 7 nitrogen and oxygen atoms in total. The lowest BCUT2D eigenvalue weighted by molar-refractivity contribution is -0.139. The van der Waals surface area contributed by atoms with E-state index in [1.54, 1.807) is 11.3 Å². The number of carbonyl (C=O) groups is 2. The topological polar surface area (TPSA) is 85.8 Å². The number of urea groups is 1. The molecule has 3 rings (SSSR count). The van der Waals surface area contributed by atoms with Crippen molar-refractivity contribution in [2.24, 2.45) is 0 Å².